The topological polar surface area (TPSA) is 64.4 Å². The van der Waals surface area contributed by atoms with Crippen molar-refractivity contribution in [1.82, 2.24) is 13.9 Å². The van der Waals surface area contributed by atoms with E-state index in [1.54, 1.807) is 47.3 Å². The Labute approximate surface area is 142 Å². The lowest BCUT2D eigenvalue weighted by Gasteiger charge is -2.24. The van der Waals surface area contributed by atoms with Gasteiger partial charge in [0.05, 0.1) is 24.9 Å². The molecule has 0 saturated heterocycles. The van der Waals surface area contributed by atoms with E-state index in [1.165, 1.54) is 0 Å². The first-order valence-electron chi connectivity index (χ1n) is 7.49. The van der Waals surface area contributed by atoms with Gasteiger partial charge in [0, 0.05) is 31.2 Å². The third kappa shape index (κ3) is 3.86. The predicted octanol–water partition coefficient (Wildman–Crippen LogP) is 2.13. The van der Waals surface area contributed by atoms with Crippen LogP contribution in [0.15, 0.2) is 42.7 Å². The fourth-order valence-corrected chi connectivity index (χ4v) is 3.60. The van der Waals surface area contributed by atoms with Crippen LogP contribution in [0.2, 0.25) is 0 Å². The van der Waals surface area contributed by atoms with Crippen LogP contribution in [-0.4, -0.2) is 40.4 Å². The van der Waals surface area contributed by atoms with Crippen molar-refractivity contribution in [3.63, 3.8) is 0 Å². The number of rotatable bonds is 4. The summed E-state index contributed by atoms with van der Waals surface area (Å²) in [6, 6.07) is 8.49. The average molecular weight is 375 g/mol. The summed E-state index contributed by atoms with van der Waals surface area (Å²) >= 11 is 0. The van der Waals surface area contributed by atoms with Crippen LogP contribution in [0.25, 0.3) is 0 Å². The molecule has 0 bridgehead atoms. The van der Waals surface area contributed by atoms with E-state index in [9.17, 15) is 21.6 Å². The second kappa shape index (κ2) is 6.77. The van der Waals surface area contributed by atoms with Crippen molar-refractivity contribution in [3.05, 3.63) is 54.1 Å². The van der Waals surface area contributed by atoms with Gasteiger partial charge in [-0.15, -0.1) is 0 Å². The van der Waals surface area contributed by atoms with E-state index in [4.69, 9.17) is 4.74 Å². The first kappa shape index (κ1) is 17.9. The molecule has 6 nitrogen and oxygen atoms in total. The first-order valence-corrected chi connectivity index (χ1v) is 8.93. The molecule has 0 aliphatic carbocycles. The van der Waals surface area contributed by atoms with Gasteiger partial charge < -0.3 is 9.30 Å². The molecule has 0 radical (unpaired) electrons. The molecule has 1 atom stereocenters. The summed E-state index contributed by atoms with van der Waals surface area (Å²) in [5, 5.41) is 0. The van der Waals surface area contributed by atoms with Crippen LogP contribution in [-0.2, 0) is 34.5 Å². The lowest BCUT2D eigenvalue weighted by molar-refractivity contribution is -0.0512. The van der Waals surface area contributed by atoms with Crippen LogP contribution in [0.3, 0.4) is 0 Å². The van der Waals surface area contributed by atoms with Crippen molar-refractivity contribution in [1.29, 1.82) is 0 Å². The van der Waals surface area contributed by atoms with Crippen LogP contribution in [0, 0.1) is 0 Å². The Morgan fingerprint density at radius 2 is 2.00 bits per heavy atom. The molecule has 3 heterocycles. The zero-order chi connectivity index (χ0) is 18.1. The minimum Gasteiger partial charge on any atom is -0.369 e. The Morgan fingerprint density at radius 3 is 2.68 bits per heavy atom. The third-order valence-electron chi connectivity index (χ3n) is 3.89. The quantitative estimate of drug-likeness (QED) is 0.821. The number of nitrogens with zero attached hydrogens (tertiary/aromatic N) is 3. The molecule has 0 saturated carbocycles. The van der Waals surface area contributed by atoms with Gasteiger partial charge in [0.2, 0.25) is 0 Å². The van der Waals surface area contributed by atoms with E-state index in [-0.39, 0.29) is 26.2 Å². The van der Waals surface area contributed by atoms with Crippen molar-refractivity contribution in [2.24, 2.45) is 0 Å². The highest BCUT2D eigenvalue weighted by Gasteiger charge is 2.51. The van der Waals surface area contributed by atoms with E-state index in [0.29, 0.717) is 15.7 Å². The average Bonchev–Trinajstić information content (AvgIpc) is 2.90. The molecule has 10 heteroatoms. The maximum absolute atomic E-state index is 12.9. The minimum absolute atomic E-state index is 0.0853. The van der Waals surface area contributed by atoms with E-state index in [0.717, 1.165) is 0 Å². The highest BCUT2D eigenvalue weighted by molar-refractivity contribution is 7.89. The van der Waals surface area contributed by atoms with Crippen molar-refractivity contribution < 1.29 is 26.3 Å². The molecule has 25 heavy (non-hydrogen) atoms. The highest BCUT2D eigenvalue weighted by Crippen LogP contribution is 2.30. The van der Waals surface area contributed by atoms with Crippen LogP contribution < -0.4 is 0 Å². The van der Waals surface area contributed by atoms with Gasteiger partial charge in [-0.1, -0.05) is 6.07 Å². The van der Waals surface area contributed by atoms with Gasteiger partial charge in [-0.05, 0) is 24.3 Å². The smallest absolute Gasteiger partial charge is 0.369 e. The lowest BCUT2D eigenvalue weighted by Crippen LogP contribution is -2.43. The molecular weight excluding hydrogens is 359 g/mol. The number of aromatic nitrogens is 2. The van der Waals surface area contributed by atoms with E-state index in [1.807, 2.05) is 0 Å². The number of hydrogen-bond donors (Lipinski definition) is 0. The van der Waals surface area contributed by atoms with Crippen LogP contribution in [0.1, 0.15) is 11.4 Å². The molecule has 1 aliphatic heterocycles. The zero-order valence-corrected chi connectivity index (χ0v) is 13.9. The molecule has 0 spiro atoms. The summed E-state index contributed by atoms with van der Waals surface area (Å²) in [6.45, 7) is -0.379. The molecule has 0 N–H and O–H groups in total. The SMILES string of the molecule is O=S(=O)(N1Cc2cccn2CC(OCc2ccccn2)C1)C(F)(F)F. The van der Waals surface area contributed by atoms with Gasteiger partial charge in [0.1, 0.15) is 0 Å². The largest absolute Gasteiger partial charge is 0.511 e. The minimum atomic E-state index is -5.43. The van der Waals surface area contributed by atoms with Crippen molar-refractivity contribution in [3.8, 4) is 0 Å². The molecule has 1 aliphatic rings. The molecular formula is C15H16F3N3O3S. The maximum atomic E-state index is 12.9. The number of pyridine rings is 1. The molecule has 0 amide bonds. The van der Waals surface area contributed by atoms with E-state index >= 15 is 0 Å². The van der Waals surface area contributed by atoms with Crippen molar-refractivity contribution >= 4 is 10.0 Å². The summed E-state index contributed by atoms with van der Waals surface area (Å²) in [7, 11) is -5.43. The van der Waals surface area contributed by atoms with Gasteiger partial charge >= 0.3 is 15.5 Å². The van der Waals surface area contributed by atoms with E-state index in [2.05, 4.69) is 4.98 Å². The molecule has 3 rings (SSSR count). The van der Waals surface area contributed by atoms with Crippen molar-refractivity contribution in [2.45, 2.75) is 31.3 Å². The first-order chi connectivity index (χ1) is 11.8. The highest BCUT2D eigenvalue weighted by atomic mass is 32.2. The Hall–Kier alpha value is -1.91. The second-order valence-electron chi connectivity index (χ2n) is 5.65. The fraction of sp³-hybridized carbons (Fsp3) is 0.400. The monoisotopic (exact) mass is 375 g/mol. The van der Waals surface area contributed by atoms with E-state index < -0.39 is 21.6 Å². The number of fused-ring (bicyclic) bond motifs is 1. The number of alkyl halides is 3. The van der Waals surface area contributed by atoms with Gasteiger partial charge in [-0.25, -0.2) is 8.42 Å². The zero-order valence-electron chi connectivity index (χ0n) is 13.1. The molecule has 2 aromatic heterocycles. The number of sulfonamides is 1. The predicted molar refractivity (Wildman–Crippen MR) is 82.6 cm³/mol. The van der Waals surface area contributed by atoms with Gasteiger partial charge in [-0.3, -0.25) is 4.98 Å². The van der Waals surface area contributed by atoms with Gasteiger partial charge in [0.25, 0.3) is 0 Å². The summed E-state index contributed by atoms with van der Waals surface area (Å²) in [4.78, 5) is 4.08. The molecule has 0 aromatic carbocycles. The second-order valence-corrected chi connectivity index (χ2v) is 7.58. The normalized spacial score (nSPS) is 19.4. The Kier molecular flexibility index (Phi) is 4.85. The lowest BCUT2D eigenvalue weighted by atomic mass is 10.3. The third-order valence-corrected chi connectivity index (χ3v) is 5.44. The fourth-order valence-electron chi connectivity index (χ4n) is 2.64. The molecule has 136 valence electrons. The number of hydrogen-bond acceptors (Lipinski definition) is 4. The Morgan fingerprint density at radius 1 is 1.20 bits per heavy atom. The van der Waals surface area contributed by atoms with Gasteiger partial charge in [0.15, 0.2) is 0 Å². The standard InChI is InChI=1S/C15H16F3N3O3S/c16-15(17,18)25(22,23)21-8-13-5-3-7-20(13)9-14(10-21)24-11-12-4-1-2-6-19-12/h1-7,14H,8-11H2. The maximum Gasteiger partial charge on any atom is 0.511 e. The number of ether oxygens (including phenoxy) is 1. The number of halogens is 3. The molecule has 2 aromatic rings. The molecule has 1 unspecified atom stereocenters. The Balaban J connectivity index is 1.82. The van der Waals surface area contributed by atoms with Crippen LogP contribution in [0.5, 0.6) is 0 Å². The van der Waals surface area contributed by atoms with Crippen LogP contribution in [0.4, 0.5) is 13.2 Å². The summed E-state index contributed by atoms with van der Waals surface area (Å²) in [6.07, 6.45) is 2.54. The van der Waals surface area contributed by atoms with Crippen LogP contribution >= 0.6 is 0 Å². The summed E-state index contributed by atoms with van der Waals surface area (Å²) in [5.74, 6) is 0. The van der Waals surface area contributed by atoms with Gasteiger partial charge in [-0.2, -0.15) is 17.5 Å². The summed E-state index contributed by atoms with van der Waals surface area (Å²) in [5.41, 5.74) is -4.25. The summed E-state index contributed by atoms with van der Waals surface area (Å²) < 4.78 is 70.3. The Bertz CT molecular complexity index is 821. The van der Waals surface area contributed by atoms with Crippen molar-refractivity contribution in [2.75, 3.05) is 6.54 Å². The molecule has 0 fully saturated rings.